The number of hydrogen-bond acceptors (Lipinski definition) is 5. The summed E-state index contributed by atoms with van der Waals surface area (Å²) in [6.07, 6.45) is 12.9. The van der Waals surface area contributed by atoms with Gasteiger partial charge in [0.15, 0.2) is 5.78 Å². The summed E-state index contributed by atoms with van der Waals surface area (Å²) in [4.78, 5) is 30.0. The van der Waals surface area contributed by atoms with E-state index in [1.165, 1.54) is 31.3 Å². The van der Waals surface area contributed by atoms with Crippen molar-refractivity contribution in [3.05, 3.63) is 11.6 Å². The van der Waals surface area contributed by atoms with Gasteiger partial charge in [-0.15, -0.1) is 0 Å². The van der Waals surface area contributed by atoms with Crippen molar-refractivity contribution in [3.8, 4) is 0 Å². The number of rotatable bonds is 3. The molecule has 1 heterocycles. The lowest BCUT2D eigenvalue weighted by Crippen LogP contribution is -2.51. The molecule has 3 saturated carbocycles. The summed E-state index contributed by atoms with van der Waals surface area (Å²) in [5.74, 6) is 2.68. The largest absolute Gasteiger partial charge is 0.339 e. The monoisotopic (exact) mass is 440 g/mol. The second kappa shape index (κ2) is 8.38. The topological polar surface area (TPSA) is 67.8 Å². The minimum atomic E-state index is -0.175. The van der Waals surface area contributed by atoms with E-state index in [4.69, 9.17) is 4.84 Å². The van der Waals surface area contributed by atoms with Crippen molar-refractivity contribution in [1.29, 1.82) is 0 Å². The van der Waals surface area contributed by atoms with Crippen molar-refractivity contribution < 1.29 is 14.4 Å². The van der Waals surface area contributed by atoms with E-state index in [1.54, 1.807) is 0 Å². The molecule has 1 aliphatic heterocycles. The predicted octanol–water partition coefficient (Wildman–Crippen LogP) is 5.05. The SMILES string of the molecule is C/C(=N\OC(=O)[C@H]1CCCNC1)[C@H]1CC[C@H]2[C@@H]3CCC4=CC(=O)CC[C@]4(C)[C@H]3CC[C@]12C. The van der Waals surface area contributed by atoms with Crippen molar-refractivity contribution in [3.63, 3.8) is 0 Å². The minimum Gasteiger partial charge on any atom is -0.318 e. The highest BCUT2D eigenvalue weighted by atomic mass is 16.7. The van der Waals surface area contributed by atoms with E-state index >= 15 is 0 Å². The molecule has 5 aliphatic rings. The Morgan fingerprint density at radius 2 is 1.94 bits per heavy atom. The number of fused-ring (bicyclic) bond motifs is 5. The highest BCUT2D eigenvalue weighted by Gasteiger charge is 2.59. The predicted molar refractivity (Wildman–Crippen MR) is 125 cm³/mol. The summed E-state index contributed by atoms with van der Waals surface area (Å²) >= 11 is 0. The second-order valence-electron chi connectivity index (χ2n) is 11.8. The molecule has 0 radical (unpaired) electrons. The fourth-order valence-corrected chi connectivity index (χ4v) is 8.55. The zero-order chi connectivity index (χ0) is 22.5. The first kappa shape index (κ1) is 22.3. The van der Waals surface area contributed by atoms with Gasteiger partial charge in [0.05, 0.1) is 11.6 Å². The number of carbonyl (C=O) groups is 2. The molecule has 5 rings (SSSR count). The molecule has 1 N–H and O–H groups in total. The Morgan fingerprint density at radius 3 is 2.72 bits per heavy atom. The number of nitrogens with one attached hydrogen (secondary N) is 1. The van der Waals surface area contributed by atoms with E-state index in [-0.39, 0.29) is 22.7 Å². The van der Waals surface area contributed by atoms with E-state index in [2.05, 4.69) is 31.2 Å². The molecular formula is C27H40N2O3. The zero-order valence-corrected chi connectivity index (χ0v) is 20.1. The number of allylic oxidation sites excluding steroid dienone is 1. The highest BCUT2D eigenvalue weighted by molar-refractivity contribution is 5.91. The Morgan fingerprint density at radius 1 is 1.09 bits per heavy atom. The maximum atomic E-state index is 12.5. The average molecular weight is 441 g/mol. The Hall–Kier alpha value is -1.49. The van der Waals surface area contributed by atoms with Crippen LogP contribution in [-0.2, 0) is 14.4 Å². The number of hydrogen-bond donors (Lipinski definition) is 1. The Balaban J connectivity index is 1.30. The molecule has 5 nitrogen and oxygen atoms in total. The molecule has 4 aliphatic carbocycles. The number of piperidine rings is 1. The van der Waals surface area contributed by atoms with Crippen molar-refractivity contribution >= 4 is 17.5 Å². The van der Waals surface area contributed by atoms with Crippen LogP contribution in [0, 0.1) is 40.4 Å². The zero-order valence-electron chi connectivity index (χ0n) is 20.1. The van der Waals surface area contributed by atoms with Crippen molar-refractivity contribution in [2.75, 3.05) is 13.1 Å². The van der Waals surface area contributed by atoms with Crippen LogP contribution < -0.4 is 5.32 Å². The molecule has 32 heavy (non-hydrogen) atoms. The smallest absolute Gasteiger partial charge is 0.318 e. The maximum absolute atomic E-state index is 12.5. The standard InChI is InChI=1S/C27H40N2O3/c1-17(29-32-25(31)18-5-4-14-28-16-18)22-8-9-23-21-7-6-19-15-20(30)10-12-26(19,2)24(21)11-13-27(22,23)3/h15,18,21-24,28H,4-14,16H2,1-3H3/b29-17+/t18-,21-,22+,23-,24-,26-,27+/m0/s1. The first-order chi connectivity index (χ1) is 15.3. The Kier molecular flexibility index (Phi) is 5.84. The van der Waals surface area contributed by atoms with E-state index < -0.39 is 0 Å². The van der Waals surface area contributed by atoms with Crippen LogP contribution in [0.4, 0.5) is 0 Å². The molecule has 0 aromatic heterocycles. The molecule has 4 fully saturated rings. The van der Waals surface area contributed by atoms with E-state index in [9.17, 15) is 9.59 Å². The number of ketones is 1. The molecule has 176 valence electrons. The fourth-order valence-electron chi connectivity index (χ4n) is 8.55. The van der Waals surface area contributed by atoms with Gasteiger partial charge < -0.3 is 10.2 Å². The summed E-state index contributed by atoms with van der Waals surface area (Å²) < 4.78 is 0. The third-order valence-electron chi connectivity index (χ3n) is 10.4. The fraction of sp³-hybridized carbons (Fsp3) is 0.815. The molecule has 0 unspecified atom stereocenters. The average Bonchev–Trinajstić information content (AvgIpc) is 3.15. The molecule has 7 atom stereocenters. The third-order valence-corrected chi connectivity index (χ3v) is 10.4. The molecule has 0 aromatic rings. The van der Waals surface area contributed by atoms with Crippen molar-refractivity contribution in [2.45, 2.75) is 85.0 Å². The number of oxime groups is 1. The normalized spacial score (nSPS) is 44.2. The van der Waals surface area contributed by atoms with Crippen LogP contribution in [0.2, 0.25) is 0 Å². The molecule has 0 amide bonds. The van der Waals surface area contributed by atoms with Crippen molar-refractivity contribution in [1.82, 2.24) is 5.32 Å². The van der Waals surface area contributed by atoms with Crippen LogP contribution in [0.15, 0.2) is 16.8 Å². The number of nitrogens with zero attached hydrogens (tertiary/aromatic N) is 1. The van der Waals surface area contributed by atoms with Gasteiger partial charge in [0.1, 0.15) is 0 Å². The lowest BCUT2D eigenvalue weighted by molar-refractivity contribution is -0.149. The summed E-state index contributed by atoms with van der Waals surface area (Å²) in [5, 5.41) is 7.68. The van der Waals surface area contributed by atoms with Gasteiger partial charge in [0, 0.05) is 18.9 Å². The quantitative estimate of drug-likeness (QED) is 0.379. The van der Waals surface area contributed by atoms with Crippen LogP contribution in [0.5, 0.6) is 0 Å². The Bertz CT molecular complexity index is 842. The summed E-state index contributed by atoms with van der Waals surface area (Å²) in [6, 6.07) is 0. The van der Waals surface area contributed by atoms with Gasteiger partial charge in [-0.2, -0.15) is 0 Å². The third kappa shape index (κ3) is 3.59. The van der Waals surface area contributed by atoms with E-state index in [0.29, 0.717) is 30.1 Å². The van der Waals surface area contributed by atoms with E-state index in [1.807, 2.05) is 6.08 Å². The molecule has 0 bridgehead atoms. The molecule has 0 spiro atoms. The first-order valence-corrected chi connectivity index (χ1v) is 13.0. The number of carbonyl (C=O) groups excluding carboxylic acids is 2. The maximum Gasteiger partial charge on any atom is 0.339 e. The molecule has 1 saturated heterocycles. The summed E-state index contributed by atoms with van der Waals surface area (Å²) in [5.41, 5.74) is 2.92. The highest BCUT2D eigenvalue weighted by Crippen LogP contribution is 2.66. The van der Waals surface area contributed by atoms with Gasteiger partial charge in [0.2, 0.25) is 0 Å². The van der Waals surface area contributed by atoms with Crippen LogP contribution in [0.25, 0.3) is 0 Å². The lowest BCUT2D eigenvalue weighted by Gasteiger charge is -2.58. The lowest BCUT2D eigenvalue weighted by atomic mass is 9.46. The summed E-state index contributed by atoms with van der Waals surface area (Å²) in [6.45, 7) is 8.70. The first-order valence-electron chi connectivity index (χ1n) is 13.0. The molecule has 5 heteroatoms. The van der Waals surface area contributed by atoms with Crippen molar-refractivity contribution in [2.24, 2.45) is 45.6 Å². The van der Waals surface area contributed by atoms with Gasteiger partial charge in [0.25, 0.3) is 0 Å². The van der Waals surface area contributed by atoms with Gasteiger partial charge >= 0.3 is 5.97 Å². The summed E-state index contributed by atoms with van der Waals surface area (Å²) in [7, 11) is 0. The van der Waals surface area contributed by atoms with Gasteiger partial charge in [-0.3, -0.25) is 4.79 Å². The van der Waals surface area contributed by atoms with Gasteiger partial charge in [-0.25, -0.2) is 4.79 Å². The molecular weight excluding hydrogens is 400 g/mol. The van der Waals surface area contributed by atoms with E-state index in [0.717, 1.165) is 56.7 Å². The minimum absolute atomic E-state index is 0.0599. The van der Waals surface area contributed by atoms with Crippen LogP contribution in [-0.4, -0.2) is 30.6 Å². The van der Waals surface area contributed by atoms with Gasteiger partial charge in [-0.1, -0.05) is 24.6 Å². The Labute approximate surface area is 192 Å². The van der Waals surface area contributed by atoms with Crippen LogP contribution in [0.1, 0.15) is 85.0 Å². The second-order valence-corrected chi connectivity index (χ2v) is 11.8. The van der Waals surface area contributed by atoms with Gasteiger partial charge in [-0.05, 0) is 106 Å². The van der Waals surface area contributed by atoms with Crippen LogP contribution in [0.3, 0.4) is 0 Å². The van der Waals surface area contributed by atoms with Crippen LogP contribution >= 0.6 is 0 Å². The molecule has 0 aromatic carbocycles.